The SMILES string of the molecule is CC(=O)N1CCC2(CC1)CN(c1ccc(CNC(=O)C3(c4ccc(OCc5ccc(C(F)(F)F)nc5)nn4)CC3)cc1)C2. The number of hydrogen-bond acceptors (Lipinski definition) is 7. The first-order valence-corrected chi connectivity index (χ1v) is 14.4. The van der Waals surface area contributed by atoms with Crippen LogP contribution in [0.1, 0.15) is 55.1 Å². The molecule has 2 aromatic heterocycles. The molecule has 12 heteroatoms. The molecule has 0 bridgehead atoms. The minimum Gasteiger partial charge on any atom is -0.472 e. The average molecular weight is 595 g/mol. The van der Waals surface area contributed by atoms with Gasteiger partial charge in [-0.3, -0.25) is 14.6 Å². The van der Waals surface area contributed by atoms with Gasteiger partial charge in [-0.1, -0.05) is 18.2 Å². The number of carbonyl (C=O) groups is 2. The lowest BCUT2D eigenvalue weighted by Gasteiger charge is -2.55. The van der Waals surface area contributed by atoms with Gasteiger partial charge in [-0.2, -0.15) is 18.3 Å². The van der Waals surface area contributed by atoms with E-state index in [4.69, 9.17) is 4.74 Å². The van der Waals surface area contributed by atoms with Crippen LogP contribution in [0.25, 0.3) is 0 Å². The molecule has 6 rings (SSSR count). The van der Waals surface area contributed by atoms with Crippen molar-refractivity contribution in [2.45, 2.75) is 57.3 Å². The Morgan fingerprint density at radius 2 is 1.63 bits per heavy atom. The molecule has 0 unspecified atom stereocenters. The molecule has 43 heavy (non-hydrogen) atoms. The Bertz CT molecular complexity index is 1460. The summed E-state index contributed by atoms with van der Waals surface area (Å²) >= 11 is 0. The van der Waals surface area contributed by atoms with Crippen LogP contribution in [0.5, 0.6) is 5.88 Å². The van der Waals surface area contributed by atoms with Crippen molar-refractivity contribution < 1.29 is 27.5 Å². The van der Waals surface area contributed by atoms with Crippen LogP contribution in [-0.4, -0.2) is 58.1 Å². The summed E-state index contributed by atoms with van der Waals surface area (Å²) in [7, 11) is 0. The lowest BCUT2D eigenvalue weighted by molar-refractivity contribution is -0.141. The van der Waals surface area contributed by atoms with Gasteiger partial charge in [-0.25, -0.2) is 0 Å². The number of likely N-dealkylation sites (tertiary alicyclic amines) is 1. The second-order valence-corrected chi connectivity index (χ2v) is 11.9. The molecule has 3 aliphatic rings. The second-order valence-electron chi connectivity index (χ2n) is 11.9. The molecule has 1 aliphatic carbocycles. The number of nitrogens with zero attached hydrogens (tertiary/aromatic N) is 5. The smallest absolute Gasteiger partial charge is 0.433 e. The van der Waals surface area contributed by atoms with Crippen molar-refractivity contribution >= 4 is 17.5 Å². The van der Waals surface area contributed by atoms with Crippen LogP contribution >= 0.6 is 0 Å². The molecular formula is C31H33F3N6O3. The third-order valence-electron chi connectivity index (χ3n) is 8.89. The summed E-state index contributed by atoms with van der Waals surface area (Å²) in [5, 5.41) is 11.3. The number of halogens is 3. The number of pyridine rings is 1. The fourth-order valence-electron chi connectivity index (χ4n) is 5.95. The molecule has 226 valence electrons. The van der Waals surface area contributed by atoms with Gasteiger partial charge in [0.2, 0.25) is 17.7 Å². The zero-order valence-electron chi connectivity index (χ0n) is 23.9. The largest absolute Gasteiger partial charge is 0.472 e. The number of anilines is 1. The molecule has 1 aromatic carbocycles. The first-order valence-electron chi connectivity index (χ1n) is 14.4. The maximum absolute atomic E-state index is 13.1. The van der Waals surface area contributed by atoms with Crippen LogP contribution in [0.4, 0.5) is 18.9 Å². The highest BCUT2D eigenvalue weighted by Gasteiger charge is 2.53. The van der Waals surface area contributed by atoms with Gasteiger partial charge in [0.15, 0.2) is 0 Å². The summed E-state index contributed by atoms with van der Waals surface area (Å²) in [5.74, 6) is 0.263. The number of amides is 2. The van der Waals surface area contributed by atoms with Crippen molar-refractivity contribution in [1.82, 2.24) is 25.4 Å². The zero-order chi connectivity index (χ0) is 30.2. The number of rotatable bonds is 8. The van der Waals surface area contributed by atoms with E-state index < -0.39 is 17.3 Å². The molecule has 0 radical (unpaired) electrons. The maximum Gasteiger partial charge on any atom is 0.433 e. The Labute approximate surface area is 247 Å². The number of carbonyl (C=O) groups excluding carboxylic acids is 2. The highest BCUT2D eigenvalue weighted by molar-refractivity contribution is 5.90. The molecule has 2 amide bonds. The van der Waals surface area contributed by atoms with Crippen molar-refractivity contribution in [2.75, 3.05) is 31.1 Å². The van der Waals surface area contributed by atoms with Gasteiger partial charge in [-0.15, -0.1) is 5.10 Å². The Morgan fingerprint density at radius 3 is 2.19 bits per heavy atom. The maximum atomic E-state index is 13.1. The predicted octanol–water partition coefficient (Wildman–Crippen LogP) is 4.27. The highest BCUT2D eigenvalue weighted by Crippen LogP contribution is 2.47. The molecule has 0 atom stereocenters. The quantitative estimate of drug-likeness (QED) is 0.416. The minimum atomic E-state index is -4.49. The van der Waals surface area contributed by atoms with E-state index in [-0.39, 0.29) is 24.3 Å². The molecule has 1 saturated carbocycles. The number of piperidine rings is 1. The summed E-state index contributed by atoms with van der Waals surface area (Å²) in [4.78, 5) is 32.5. The first-order chi connectivity index (χ1) is 20.6. The van der Waals surface area contributed by atoms with Crippen LogP contribution in [0.2, 0.25) is 0 Å². The molecule has 2 aliphatic heterocycles. The number of aromatic nitrogens is 3. The number of hydrogen-bond donors (Lipinski definition) is 1. The number of nitrogens with one attached hydrogen (secondary N) is 1. The Kier molecular flexibility index (Phi) is 7.47. The van der Waals surface area contributed by atoms with Gasteiger partial charge >= 0.3 is 6.18 Å². The van der Waals surface area contributed by atoms with Gasteiger partial charge in [-0.05, 0) is 55.5 Å². The first kappa shape index (κ1) is 28.9. The van der Waals surface area contributed by atoms with E-state index in [1.54, 1.807) is 19.1 Å². The summed E-state index contributed by atoms with van der Waals surface area (Å²) < 4.78 is 43.6. The van der Waals surface area contributed by atoms with E-state index in [0.717, 1.165) is 56.8 Å². The van der Waals surface area contributed by atoms with Gasteiger partial charge < -0.3 is 19.9 Å². The number of benzene rings is 1. The van der Waals surface area contributed by atoms with Gasteiger partial charge in [0, 0.05) is 68.6 Å². The Balaban J connectivity index is 0.969. The summed E-state index contributed by atoms with van der Waals surface area (Å²) in [6.45, 7) is 5.73. The van der Waals surface area contributed by atoms with Gasteiger partial charge in [0.25, 0.3) is 0 Å². The van der Waals surface area contributed by atoms with Crippen molar-refractivity contribution in [3.8, 4) is 5.88 Å². The van der Waals surface area contributed by atoms with Crippen LogP contribution in [0, 0.1) is 5.41 Å². The van der Waals surface area contributed by atoms with Crippen molar-refractivity contribution in [1.29, 1.82) is 0 Å². The lowest BCUT2D eigenvalue weighted by Crippen LogP contribution is -2.60. The van der Waals surface area contributed by atoms with Gasteiger partial charge in [0.1, 0.15) is 12.3 Å². The summed E-state index contributed by atoms with van der Waals surface area (Å²) in [5.41, 5.74) is 1.83. The number of ether oxygens (including phenoxy) is 1. The summed E-state index contributed by atoms with van der Waals surface area (Å²) in [6.07, 6.45) is 0.0662. The van der Waals surface area contributed by atoms with Gasteiger partial charge in [0.05, 0.1) is 11.1 Å². The zero-order valence-corrected chi connectivity index (χ0v) is 23.9. The third kappa shape index (κ3) is 6.14. The number of alkyl halides is 3. The third-order valence-corrected chi connectivity index (χ3v) is 8.89. The fraction of sp³-hybridized carbons (Fsp3) is 0.452. The van der Waals surface area contributed by atoms with Crippen LogP contribution in [0.3, 0.4) is 0 Å². The standard InChI is InChI=1S/C31H33F3N6O3/c1-21(41)39-14-12-29(13-15-39)19-40(20-29)24-5-2-22(3-6-24)16-36-28(42)30(10-11-30)25-8-9-27(38-37-25)43-18-23-4-7-26(35-17-23)31(32,33)34/h2-9,17H,10-16,18-20H2,1H3,(H,36,42). The van der Waals surface area contributed by atoms with E-state index in [1.807, 2.05) is 17.0 Å². The van der Waals surface area contributed by atoms with Crippen molar-refractivity contribution in [2.24, 2.45) is 5.41 Å². The minimum absolute atomic E-state index is 0.0118. The molecule has 4 heterocycles. The molecule has 2 saturated heterocycles. The summed E-state index contributed by atoms with van der Waals surface area (Å²) in [6, 6.07) is 13.8. The van der Waals surface area contributed by atoms with Crippen LogP contribution in [0.15, 0.2) is 54.7 Å². The van der Waals surface area contributed by atoms with E-state index in [9.17, 15) is 22.8 Å². The second kappa shape index (κ2) is 11.1. The molecule has 1 N–H and O–H groups in total. The van der Waals surface area contributed by atoms with E-state index in [2.05, 4.69) is 37.5 Å². The topological polar surface area (TPSA) is 101 Å². The molecular weight excluding hydrogens is 561 g/mol. The monoisotopic (exact) mass is 594 g/mol. The molecule has 3 fully saturated rings. The molecule has 1 spiro atoms. The highest BCUT2D eigenvalue weighted by atomic mass is 19.4. The van der Waals surface area contributed by atoms with E-state index in [0.29, 0.717) is 36.1 Å². The fourth-order valence-corrected chi connectivity index (χ4v) is 5.95. The normalized spacial score (nSPS) is 18.6. The predicted molar refractivity (Wildman–Crippen MR) is 151 cm³/mol. The Morgan fingerprint density at radius 1 is 0.930 bits per heavy atom. The molecule has 9 nitrogen and oxygen atoms in total. The average Bonchev–Trinajstić information content (AvgIpc) is 3.80. The molecule has 3 aromatic rings. The van der Waals surface area contributed by atoms with E-state index in [1.165, 1.54) is 11.8 Å². The van der Waals surface area contributed by atoms with E-state index >= 15 is 0 Å². The van der Waals surface area contributed by atoms with Crippen molar-refractivity contribution in [3.63, 3.8) is 0 Å². The van der Waals surface area contributed by atoms with Crippen molar-refractivity contribution in [3.05, 3.63) is 77.2 Å². The van der Waals surface area contributed by atoms with Crippen LogP contribution in [-0.2, 0) is 34.3 Å². The Hall–Kier alpha value is -4.22. The van der Waals surface area contributed by atoms with Crippen LogP contribution < -0.4 is 15.0 Å². The lowest BCUT2D eigenvalue weighted by atomic mass is 9.71.